The maximum Gasteiger partial charge on any atom is 0.168 e. The summed E-state index contributed by atoms with van der Waals surface area (Å²) < 4.78 is 11.4. The van der Waals surface area contributed by atoms with E-state index in [1.807, 2.05) is 12.1 Å². The van der Waals surface area contributed by atoms with E-state index in [-0.39, 0.29) is 0 Å². The van der Waals surface area contributed by atoms with Gasteiger partial charge in [-0.05, 0) is 44.2 Å². The molecule has 1 N–H and O–H groups in total. The predicted molar refractivity (Wildman–Crippen MR) is 76.7 cm³/mol. The molecule has 1 unspecified atom stereocenters. The van der Waals surface area contributed by atoms with Crippen LogP contribution in [0, 0.1) is 0 Å². The van der Waals surface area contributed by atoms with Gasteiger partial charge >= 0.3 is 0 Å². The van der Waals surface area contributed by atoms with Crippen LogP contribution in [0.1, 0.15) is 39.0 Å². The van der Waals surface area contributed by atoms with Gasteiger partial charge in [-0.1, -0.05) is 6.92 Å². The lowest BCUT2D eigenvalue weighted by Crippen LogP contribution is -2.22. The number of hydrogen-bond donors (Lipinski definition) is 1. The zero-order chi connectivity index (χ0) is 13.3. The minimum Gasteiger partial charge on any atom is -0.490 e. The number of ether oxygens (including phenoxy) is 2. The minimum atomic E-state index is 0.407. The standard InChI is InChI=1S/C15H24N2O2/c1-2-11-19-14-7-5-9-16-15(14)17-10-8-13-6-3-4-12-18-13/h5,7,9,13H,2-4,6,8,10-12H2,1H3,(H,16,17). The Kier molecular flexibility index (Phi) is 5.95. The largest absolute Gasteiger partial charge is 0.490 e. The quantitative estimate of drug-likeness (QED) is 0.821. The summed E-state index contributed by atoms with van der Waals surface area (Å²) in [5, 5.41) is 3.35. The van der Waals surface area contributed by atoms with Crippen LogP contribution in [0.3, 0.4) is 0 Å². The molecule has 0 radical (unpaired) electrons. The lowest BCUT2D eigenvalue weighted by molar-refractivity contribution is 0.0134. The zero-order valence-corrected chi connectivity index (χ0v) is 11.7. The Labute approximate surface area is 115 Å². The molecule has 0 saturated carbocycles. The Balaban J connectivity index is 1.77. The van der Waals surface area contributed by atoms with Gasteiger partial charge in [-0.25, -0.2) is 4.98 Å². The average Bonchev–Trinajstić information content (AvgIpc) is 2.47. The summed E-state index contributed by atoms with van der Waals surface area (Å²) in [5.74, 6) is 1.68. The van der Waals surface area contributed by atoms with Crippen molar-refractivity contribution in [3.63, 3.8) is 0 Å². The number of hydrogen-bond acceptors (Lipinski definition) is 4. The van der Waals surface area contributed by atoms with E-state index in [1.165, 1.54) is 19.3 Å². The second-order valence-electron chi connectivity index (χ2n) is 4.90. The van der Waals surface area contributed by atoms with Crippen LogP contribution in [0.15, 0.2) is 18.3 Å². The van der Waals surface area contributed by atoms with Crippen molar-refractivity contribution in [2.45, 2.75) is 45.1 Å². The van der Waals surface area contributed by atoms with Gasteiger partial charge in [0, 0.05) is 19.3 Å². The SMILES string of the molecule is CCCOc1cccnc1NCCC1CCCCO1. The van der Waals surface area contributed by atoms with Gasteiger partial charge in [0.2, 0.25) is 0 Å². The van der Waals surface area contributed by atoms with Crippen LogP contribution in [0.5, 0.6) is 5.75 Å². The summed E-state index contributed by atoms with van der Waals surface area (Å²) in [7, 11) is 0. The fraction of sp³-hybridized carbons (Fsp3) is 0.667. The highest BCUT2D eigenvalue weighted by molar-refractivity contribution is 5.49. The van der Waals surface area contributed by atoms with E-state index in [0.29, 0.717) is 6.10 Å². The van der Waals surface area contributed by atoms with Crippen LogP contribution in [-0.4, -0.2) is 30.8 Å². The Bertz CT molecular complexity index is 365. The van der Waals surface area contributed by atoms with Crippen molar-refractivity contribution >= 4 is 5.82 Å². The van der Waals surface area contributed by atoms with Crippen molar-refractivity contribution in [2.24, 2.45) is 0 Å². The number of aromatic nitrogens is 1. The van der Waals surface area contributed by atoms with Crippen LogP contribution in [-0.2, 0) is 4.74 Å². The highest BCUT2D eigenvalue weighted by Crippen LogP contribution is 2.21. The first-order chi connectivity index (χ1) is 9.40. The van der Waals surface area contributed by atoms with E-state index in [4.69, 9.17) is 9.47 Å². The van der Waals surface area contributed by atoms with E-state index in [2.05, 4.69) is 17.2 Å². The van der Waals surface area contributed by atoms with Crippen LogP contribution < -0.4 is 10.1 Å². The predicted octanol–water partition coefficient (Wildman–Crippen LogP) is 3.24. The molecule has 1 saturated heterocycles. The van der Waals surface area contributed by atoms with Gasteiger partial charge < -0.3 is 14.8 Å². The van der Waals surface area contributed by atoms with Crippen LogP contribution >= 0.6 is 0 Å². The first kappa shape index (κ1) is 14.1. The van der Waals surface area contributed by atoms with Gasteiger partial charge in [0.25, 0.3) is 0 Å². The van der Waals surface area contributed by atoms with Crippen molar-refractivity contribution in [1.29, 1.82) is 0 Å². The molecule has 1 fully saturated rings. The summed E-state index contributed by atoms with van der Waals surface area (Å²) in [6, 6.07) is 3.86. The summed E-state index contributed by atoms with van der Waals surface area (Å²) in [6.45, 7) is 4.62. The zero-order valence-electron chi connectivity index (χ0n) is 11.7. The van der Waals surface area contributed by atoms with E-state index in [0.717, 1.165) is 44.2 Å². The van der Waals surface area contributed by atoms with Crippen LogP contribution in [0.2, 0.25) is 0 Å². The molecule has 0 spiro atoms. The van der Waals surface area contributed by atoms with Gasteiger partial charge in [0.05, 0.1) is 12.7 Å². The maximum absolute atomic E-state index is 5.72. The summed E-state index contributed by atoms with van der Waals surface area (Å²) in [4.78, 5) is 4.34. The first-order valence-electron chi connectivity index (χ1n) is 7.33. The monoisotopic (exact) mass is 264 g/mol. The second-order valence-corrected chi connectivity index (χ2v) is 4.90. The third-order valence-corrected chi connectivity index (χ3v) is 3.27. The lowest BCUT2D eigenvalue weighted by atomic mass is 10.1. The van der Waals surface area contributed by atoms with Crippen molar-refractivity contribution in [3.05, 3.63) is 18.3 Å². The minimum absolute atomic E-state index is 0.407. The molecule has 4 nitrogen and oxygen atoms in total. The van der Waals surface area contributed by atoms with E-state index < -0.39 is 0 Å². The first-order valence-corrected chi connectivity index (χ1v) is 7.33. The van der Waals surface area contributed by atoms with Crippen molar-refractivity contribution in [1.82, 2.24) is 4.98 Å². The molecule has 19 heavy (non-hydrogen) atoms. The molecule has 1 aliphatic heterocycles. The Morgan fingerprint density at radius 2 is 2.42 bits per heavy atom. The van der Waals surface area contributed by atoms with Crippen LogP contribution in [0.4, 0.5) is 5.82 Å². The van der Waals surface area contributed by atoms with E-state index >= 15 is 0 Å². The summed E-state index contributed by atoms with van der Waals surface area (Å²) >= 11 is 0. The van der Waals surface area contributed by atoms with Gasteiger partial charge in [-0.3, -0.25) is 0 Å². The highest BCUT2D eigenvalue weighted by Gasteiger charge is 2.13. The van der Waals surface area contributed by atoms with Gasteiger partial charge in [-0.15, -0.1) is 0 Å². The summed E-state index contributed by atoms with van der Waals surface area (Å²) in [6.07, 6.45) is 7.91. The molecule has 4 heteroatoms. The molecule has 2 heterocycles. The molecule has 0 aromatic carbocycles. The number of nitrogens with zero attached hydrogens (tertiary/aromatic N) is 1. The molecular weight excluding hydrogens is 240 g/mol. The number of nitrogens with one attached hydrogen (secondary N) is 1. The second kappa shape index (κ2) is 8.00. The average molecular weight is 264 g/mol. The van der Waals surface area contributed by atoms with Crippen molar-refractivity contribution in [2.75, 3.05) is 25.1 Å². The van der Waals surface area contributed by atoms with Gasteiger partial charge in [0.15, 0.2) is 11.6 Å². The third kappa shape index (κ3) is 4.71. The molecule has 1 aromatic heterocycles. The molecule has 106 valence electrons. The number of rotatable bonds is 7. The molecular formula is C15H24N2O2. The maximum atomic E-state index is 5.72. The normalized spacial score (nSPS) is 19.1. The lowest BCUT2D eigenvalue weighted by Gasteiger charge is -2.22. The highest BCUT2D eigenvalue weighted by atomic mass is 16.5. The number of anilines is 1. The third-order valence-electron chi connectivity index (χ3n) is 3.27. The fourth-order valence-electron chi connectivity index (χ4n) is 2.24. The molecule has 0 bridgehead atoms. The molecule has 2 rings (SSSR count). The molecule has 0 aliphatic carbocycles. The van der Waals surface area contributed by atoms with Gasteiger partial charge in [0.1, 0.15) is 0 Å². The number of pyridine rings is 1. The molecule has 1 atom stereocenters. The van der Waals surface area contributed by atoms with Crippen LogP contribution in [0.25, 0.3) is 0 Å². The fourth-order valence-corrected chi connectivity index (χ4v) is 2.24. The summed E-state index contributed by atoms with van der Waals surface area (Å²) in [5.41, 5.74) is 0. The van der Waals surface area contributed by atoms with Gasteiger partial charge in [-0.2, -0.15) is 0 Å². The Morgan fingerprint density at radius 3 is 3.21 bits per heavy atom. The van der Waals surface area contributed by atoms with E-state index in [1.54, 1.807) is 6.20 Å². The molecule has 1 aliphatic rings. The smallest absolute Gasteiger partial charge is 0.168 e. The molecule has 1 aromatic rings. The topological polar surface area (TPSA) is 43.4 Å². The Hall–Kier alpha value is -1.29. The Morgan fingerprint density at radius 1 is 1.47 bits per heavy atom. The molecule has 0 amide bonds. The van der Waals surface area contributed by atoms with Crippen molar-refractivity contribution < 1.29 is 9.47 Å². The van der Waals surface area contributed by atoms with E-state index in [9.17, 15) is 0 Å². The van der Waals surface area contributed by atoms with Crippen molar-refractivity contribution in [3.8, 4) is 5.75 Å².